The minimum atomic E-state index is -0.266. The number of aryl methyl sites for hydroxylation is 1. The normalized spacial score (nSPS) is 9.69. The van der Waals surface area contributed by atoms with Crippen LogP contribution in [0, 0.1) is 0 Å². The fourth-order valence-corrected chi connectivity index (χ4v) is 0.875. The molecule has 13 heavy (non-hydrogen) atoms. The summed E-state index contributed by atoms with van der Waals surface area (Å²) in [6.07, 6.45) is 0. The topological polar surface area (TPSA) is 64.0 Å². The number of rotatable bonds is 2. The second kappa shape index (κ2) is 3.84. The van der Waals surface area contributed by atoms with Gasteiger partial charge in [0, 0.05) is 19.7 Å². The van der Waals surface area contributed by atoms with Crippen LogP contribution in [0.1, 0.15) is 17.4 Å². The molecule has 0 saturated heterocycles. The van der Waals surface area contributed by atoms with Gasteiger partial charge in [-0.3, -0.25) is 9.59 Å². The van der Waals surface area contributed by atoms with Gasteiger partial charge in [-0.05, 0) is 13.0 Å². The second-order valence-electron chi connectivity index (χ2n) is 2.54. The summed E-state index contributed by atoms with van der Waals surface area (Å²) in [6, 6.07) is 2.73. The van der Waals surface area contributed by atoms with Gasteiger partial charge in [0.1, 0.15) is 5.69 Å². The number of nitrogens with one attached hydrogen (secondary N) is 1. The molecule has 1 amide bonds. The smallest absolute Gasteiger partial charge is 0.271 e. The van der Waals surface area contributed by atoms with Crippen LogP contribution in [0.5, 0.6) is 0 Å². The largest absolute Gasteiger partial charge is 0.351 e. The van der Waals surface area contributed by atoms with Crippen LogP contribution in [0.3, 0.4) is 0 Å². The molecule has 0 aromatic carbocycles. The van der Waals surface area contributed by atoms with Crippen molar-refractivity contribution in [2.75, 3.05) is 6.54 Å². The van der Waals surface area contributed by atoms with Crippen LogP contribution in [0.4, 0.5) is 0 Å². The number of hydrogen-bond donors (Lipinski definition) is 1. The molecule has 5 nitrogen and oxygen atoms in total. The van der Waals surface area contributed by atoms with Crippen molar-refractivity contribution >= 4 is 5.91 Å². The van der Waals surface area contributed by atoms with E-state index in [0.717, 1.165) is 4.68 Å². The third-order valence-electron chi connectivity index (χ3n) is 1.53. The standard InChI is InChI=1S/C8H11N3O2/c1-3-9-8(13)6-4-5-7(12)11(2)10-6/h4-5H,3H2,1-2H3,(H,9,13). The van der Waals surface area contributed by atoms with Crippen molar-refractivity contribution in [1.29, 1.82) is 0 Å². The van der Waals surface area contributed by atoms with Gasteiger partial charge in [-0.15, -0.1) is 0 Å². The van der Waals surface area contributed by atoms with Crippen molar-refractivity contribution in [3.05, 3.63) is 28.2 Å². The van der Waals surface area contributed by atoms with Gasteiger partial charge in [-0.2, -0.15) is 5.10 Å². The molecule has 1 rings (SSSR count). The van der Waals surface area contributed by atoms with Gasteiger partial charge < -0.3 is 5.32 Å². The Morgan fingerprint density at radius 2 is 2.31 bits per heavy atom. The van der Waals surface area contributed by atoms with E-state index in [4.69, 9.17) is 0 Å². The summed E-state index contributed by atoms with van der Waals surface area (Å²) >= 11 is 0. The van der Waals surface area contributed by atoms with Crippen molar-refractivity contribution in [3.63, 3.8) is 0 Å². The van der Waals surface area contributed by atoms with E-state index in [1.807, 2.05) is 6.92 Å². The average Bonchev–Trinajstić information content (AvgIpc) is 2.10. The van der Waals surface area contributed by atoms with Crippen LogP contribution in [0.15, 0.2) is 16.9 Å². The van der Waals surface area contributed by atoms with Gasteiger partial charge in [-0.25, -0.2) is 4.68 Å². The number of aromatic nitrogens is 2. The van der Waals surface area contributed by atoms with E-state index in [9.17, 15) is 9.59 Å². The van der Waals surface area contributed by atoms with E-state index < -0.39 is 0 Å². The Balaban J connectivity index is 2.97. The lowest BCUT2D eigenvalue weighted by atomic mass is 10.3. The summed E-state index contributed by atoms with van der Waals surface area (Å²) in [7, 11) is 1.51. The van der Waals surface area contributed by atoms with Crippen LogP contribution in [0.2, 0.25) is 0 Å². The monoisotopic (exact) mass is 181 g/mol. The fourth-order valence-electron chi connectivity index (χ4n) is 0.875. The molecular formula is C8H11N3O2. The Hall–Kier alpha value is -1.65. The molecule has 0 fully saturated rings. The number of amides is 1. The van der Waals surface area contributed by atoms with Crippen LogP contribution < -0.4 is 10.9 Å². The summed E-state index contributed by atoms with van der Waals surface area (Å²) in [5, 5.41) is 6.38. The third-order valence-corrected chi connectivity index (χ3v) is 1.53. The van der Waals surface area contributed by atoms with Crippen molar-refractivity contribution < 1.29 is 4.79 Å². The zero-order chi connectivity index (χ0) is 9.84. The lowest BCUT2D eigenvalue weighted by Gasteiger charge is -2.01. The Bertz CT molecular complexity index is 370. The molecule has 0 aliphatic carbocycles. The predicted octanol–water partition coefficient (Wildman–Crippen LogP) is -0.470. The first-order valence-electron chi connectivity index (χ1n) is 3.97. The lowest BCUT2D eigenvalue weighted by Crippen LogP contribution is -2.28. The second-order valence-corrected chi connectivity index (χ2v) is 2.54. The summed E-state index contributed by atoms with van der Waals surface area (Å²) in [5.41, 5.74) is 0.0250. The number of nitrogens with zero attached hydrogens (tertiary/aromatic N) is 2. The van der Waals surface area contributed by atoms with E-state index in [1.165, 1.54) is 19.2 Å². The molecule has 1 aromatic rings. The summed E-state index contributed by atoms with van der Waals surface area (Å²) in [4.78, 5) is 22.1. The molecule has 0 bridgehead atoms. The zero-order valence-corrected chi connectivity index (χ0v) is 7.57. The molecular weight excluding hydrogens is 170 g/mol. The molecule has 5 heteroatoms. The zero-order valence-electron chi connectivity index (χ0n) is 7.57. The molecule has 0 atom stereocenters. The highest BCUT2D eigenvalue weighted by Gasteiger charge is 2.05. The molecule has 0 radical (unpaired) electrons. The van der Waals surface area contributed by atoms with Gasteiger partial charge in [0.15, 0.2) is 0 Å². The first kappa shape index (κ1) is 9.44. The minimum Gasteiger partial charge on any atom is -0.351 e. The summed E-state index contributed by atoms with van der Waals surface area (Å²) in [6.45, 7) is 2.36. The van der Waals surface area contributed by atoms with Gasteiger partial charge >= 0.3 is 0 Å². The molecule has 1 N–H and O–H groups in total. The van der Waals surface area contributed by atoms with Crippen LogP contribution in [-0.4, -0.2) is 22.2 Å². The summed E-state index contributed by atoms with van der Waals surface area (Å²) in [5.74, 6) is -0.266. The van der Waals surface area contributed by atoms with Crippen LogP contribution in [-0.2, 0) is 7.05 Å². The van der Waals surface area contributed by atoms with Crippen LogP contribution >= 0.6 is 0 Å². The maximum absolute atomic E-state index is 11.2. The Kier molecular flexibility index (Phi) is 2.79. The van der Waals surface area contributed by atoms with E-state index in [0.29, 0.717) is 6.54 Å². The molecule has 0 saturated carbocycles. The van der Waals surface area contributed by atoms with Gasteiger partial charge in [0.2, 0.25) is 0 Å². The van der Waals surface area contributed by atoms with Crippen molar-refractivity contribution in [3.8, 4) is 0 Å². The highest BCUT2D eigenvalue weighted by molar-refractivity contribution is 5.91. The van der Waals surface area contributed by atoms with E-state index in [1.54, 1.807) is 0 Å². The van der Waals surface area contributed by atoms with Gasteiger partial charge in [0.25, 0.3) is 11.5 Å². The lowest BCUT2D eigenvalue weighted by molar-refractivity contribution is 0.0948. The maximum atomic E-state index is 11.2. The van der Waals surface area contributed by atoms with Crippen LogP contribution in [0.25, 0.3) is 0 Å². The third kappa shape index (κ3) is 2.14. The molecule has 0 unspecified atom stereocenters. The van der Waals surface area contributed by atoms with Crippen molar-refractivity contribution in [2.24, 2.45) is 7.05 Å². The summed E-state index contributed by atoms with van der Waals surface area (Å²) < 4.78 is 1.13. The van der Waals surface area contributed by atoms with Crippen molar-refractivity contribution in [2.45, 2.75) is 6.92 Å². The van der Waals surface area contributed by atoms with Gasteiger partial charge in [-0.1, -0.05) is 0 Å². The number of carbonyl (C=O) groups excluding carboxylic acids is 1. The van der Waals surface area contributed by atoms with Gasteiger partial charge in [0.05, 0.1) is 0 Å². The molecule has 70 valence electrons. The quantitative estimate of drug-likeness (QED) is 0.670. The number of carbonyl (C=O) groups is 1. The average molecular weight is 181 g/mol. The Labute approximate surface area is 75.4 Å². The highest BCUT2D eigenvalue weighted by Crippen LogP contribution is 1.88. The molecule has 1 aromatic heterocycles. The molecule has 0 aliphatic rings. The first-order valence-corrected chi connectivity index (χ1v) is 3.97. The Morgan fingerprint density at radius 1 is 1.62 bits per heavy atom. The number of hydrogen-bond acceptors (Lipinski definition) is 3. The Morgan fingerprint density at radius 3 is 2.85 bits per heavy atom. The highest BCUT2D eigenvalue weighted by atomic mass is 16.2. The van der Waals surface area contributed by atoms with E-state index in [-0.39, 0.29) is 17.2 Å². The van der Waals surface area contributed by atoms with E-state index >= 15 is 0 Å². The van der Waals surface area contributed by atoms with Crippen molar-refractivity contribution in [1.82, 2.24) is 15.1 Å². The molecule has 0 aliphatic heterocycles. The molecule has 0 spiro atoms. The first-order chi connectivity index (χ1) is 6.15. The predicted molar refractivity (Wildman–Crippen MR) is 47.5 cm³/mol. The SMILES string of the molecule is CCNC(=O)c1ccc(=O)n(C)n1. The van der Waals surface area contributed by atoms with E-state index in [2.05, 4.69) is 10.4 Å². The minimum absolute atomic E-state index is 0.229. The fraction of sp³-hybridized carbons (Fsp3) is 0.375. The molecule has 1 heterocycles. The maximum Gasteiger partial charge on any atom is 0.271 e.